The first kappa shape index (κ1) is 13.4. The quantitative estimate of drug-likeness (QED) is 0.800. The van der Waals surface area contributed by atoms with Gasteiger partial charge in [-0.05, 0) is 30.1 Å². The topological polar surface area (TPSA) is 30.5 Å². The van der Waals surface area contributed by atoms with Gasteiger partial charge in [0.1, 0.15) is 0 Å². The number of rotatable bonds is 6. The molecule has 18 heavy (non-hydrogen) atoms. The summed E-state index contributed by atoms with van der Waals surface area (Å²) in [5, 5.41) is 3.43. The molecule has 0 amide bonds. The van der Waals surface area contributed by atoms with Crippen molar-refractivity contribution >= 4 is 17.4 Å². The van der Waals surface area contributed by atoms with Crippen molar-refractivity contribution in [2.45, 2.75) is 19.8 Å². The van der Waals surface area contributed by atoms with Gasteiger partial charge in [-0.15, -0.1) is 0 Å². The third-order valence-electron chi connectivity index (χ3n) is 2.75. The van der Waals surface area contributed by atoms with E-state index in [-0.39, 0.29) is 0 Å². The second-order valence-electron chi connectivity index (χ2n) is 4.19. The number of thioether (sulfide) groups is 1. The molecule has 1 N–H and O–H groups in total. The Hall–Kier alpha value is -1.03. The minimum absolute atomic E-state index is 0.740. The predicted octanol–water partition coefficient (Wildman–Crippen LogP) is 3.40. The summed E-state index contributed by atoms with van der Waals surface area (Å²) in [6.45, 7) is 4.69. The van der Waals surface area contributed by atoms with Crippen molar-refractivity contribution < 1.29 is 9.47 Å². The van der Waals surface area contributed by atoms with E-state index >= 15 is 0 Å². The lowest BCUT2D eigenvalue weighted by molar-refractivity contribution is 0.297. The molecule has 0 fully saturated rings. The SMILES string of the molecule is CCSCCCNc1ccc2c(c1)OCCCO2. The summed E-state index contributed by atoms with van der Waals surface area (Å²) in [7, 11) is 0. The molecule has 0 unspecified atom stereocenters. The summed E-state index contributed by atoms with van der Waals surface area (Å²) >= 11 is 1.98. The van der Waals surface area contributed by atoms with E-state index in [1.165, 1.54) is 17.9 Å². The van der Waals surface area contributed by atoms with Crippen LogP contribution in [0.5, 0.6) is 11.5 Å². The Labute approximate surface area is 113 Å². The van der Waals surface area contributed by atoms with Gasteiger partial charge in [-0.2, -0.15) is 11.8 Å². The molecule has 1 aliphatic rings. The summed E-state index contributed by atoms with van der Waals surface area (Å²) in [6.07, 6.45) is 2.14. The molecule has 0 bridgehead atoms. The van der Waals surface area contributed by atoms with Gasteiger partial charge in [0, 0.05) is 24.7 Å². The van der Waals surface area contributed by atoms with Gasteiger partial charge in [0.15, 0.2) is 11.5 Å². The fourth-order valence-electron chi connectivity index (χ4n) is 1.82. The predicted molar refractivity (Wildman–Crippen MR) is 78.2 cm³/mol. The average Bonchev–Trinajstić information content (AvgIpc) is 2.63. The van der Waals surface area contributed by atoms with Crippen molar-refractivity contribution in [2.24, 2.45) is 0 Å². The summed E-state index contributed by atoms with van der Waals surface area (Å²) in [5.74, 6) is 4.14. The normalized spacial score (nSPS) is 14.1. The van der Waals surface area contributed by atoms with E-state index in [4.69, 9.17) is 9.47 Å². The van der Waals surface area contributed by atoms with Gasteiger partial charge in [0.2, 0.25) is 0 Å². The first-order valence-corrected chi connectivity index (χ1v) is 7.77. The molecule has 0 saturated heterocycles. The minimum Gasteiger partial charge on any atom is -0.490 e. The highest BCUT2D eigenvalue weighted by Crippen LogP contribution is 2.32. The zero-order valence-corrected chi connectivity index (χ0v) is 11.7. The molecule has 0 spiro atoms. The van der Waals surface area contributed by atoms with Crippen LogP contribution in [0, 0.1) is 0 Å². The largest absolute Gasteiger partial charge is 0.490 e. The van der Waals surface area contributed by atoms with Crippen LogP contribution in [0.2, 0.25) is 0 Å². The molecule has 2 rings (SSSR count). The van der Waals surface area contributed by atoms with Crippen LogP contribution in [0.15, 0.2) is 18.2 Å². The average molecular weight is 267 g/mol. The zero-order chi connectivity index (χ0) is 12.6. The van der Waals surface area contributed by atoms with Crippen LogP contribution in [0.1, 0.15) is 19.8 Å². The number of benzene rings is 1. The number of fused-ring (bicyclic) bond motifs is 1. The lowest BCUT2D eigenvalue weighted by Gasteiger charge is -2.11. The summed E-state index contributed by atoms with van der Waals surface area (Å²) in [5.41, 5.74) is 1.11. The van der Waals surface area contributed by atoms with Gasteiger partial charge < -0.3 is 14.8 Å². The van der Waals surface area contributed by atoms with Crippen molar-refractivity contribution in [1.29, 1.82) is 0 Å². The monoisotopic (exact) mass is 267 g/mol. The molecule has 1 aliphatic heterocycles. The van der Waals surface area contributed by atoms with E-state index in [2.05, 4.69) is 18.3 Å². The molecule has 1 aromatic carbocycles. The van der Waals surface area contributed by atoms with Crippen molar-refractivity contribution in [1.82, 2.24) is 0 Å². The molecule has 3 nitrogen and oxygen atoms in total. The Kier molecular flexibility index (Phi) is 5.52. The molecular weight excluding hydrogens is 246 g/mol. The van der Waals surface area contributed by atoms with Crippen LogP contribution < -0.4 is 14.8 Å². The third kappa shape index (κ3) is 4.02. The van der Waals surface area contributed by atoms with Crippen LogP contribution in [0.25, 0.3) is 0 Å². The Morgan fingerprint density at radius 3 is 2.89 bits per heavy atom. The standard InChI is InChI=1S/C14H21NO2S/c1-2-18-10-3-7-15-12-5-6-13-14(11-12)17-9-4-8-16-13/h5-6,11,15H,2-4,7-10H2,1H3. The first-order chi connectivity index (χ1) is 8.90. The van der Waals surface area contributed by atoms with E-state index in [1.54, 1.807) is 0 Å². The Morgan fingerprint density at radius 2 is 2.06 bits per heavy atom. The maximum Gasteiger partial charge on any atom is 0.163 e. The van der Waals surface area contributed by atoms with Crippen LogP contribution in [0.3, 0.4) is 0 Å². The third-order valence-corrected chi connectivity index (χ3v) is 3.73. The van der Waals surface area contributed by atoms with Crippen molar-refractivity contribution in [3.8, 4) is 11.5 Å². The minimum atomic E-state index is 0.740. The lowest BCUT2D eigenvalue weighted by atomic mass is 10.2. The van der Waals surface area contributed by atoms with Gasteiger partial charge in [-0.3, -0.25) is 0 Å². The maximum absolute atomic E-state index is 5.66. The highest BCUT2D eigenvalue weighted by molar-refractivity contribution is 7.99. The highest BCUT2D eigenvalue weighted by Gasteiger charge is 2.10. The number of ether oxygens (including phenoxy) is 2. The number of anilines is 1. The second-order valence-corrected chi connectivity index (χ2v) is 5.58. The molecule has 0 aliphatic carbocycles. The lowest BCUT2D eigenvalue weighted by Crippen LogP contribution is -2.03. The summed E-state index contributed by atoms with van der Waals surface area (Å²) in [6, 6.07) is 6.08. The zero-order valence-electron chi connectivity index (χ0n) is 10.9. The molecule has 0 atom stereocenters. The van der Waals surface area contributed by atoms with E-state index < -0.39 is 0 Å². The van der Waals surface area contributed by atoms with Crippen LogP contribution in [-0.2, 0) is 0 Å². The molecule has 1 aromatic rings. The van der Waals surface area contributed by atoms with E-state index in [1.807, 2.05) is 23.9 Å². The van der Waals surface area contributed by atoms with Crippen LogP contribution >= 0.6 is 11.8 Å². The number of hydrogen-bond donors (Lipinski definition) is 1. The molecule has 0 saturated carbocycles. The molecule has 0 radical (unpaired) electrons. The van der Waals surface area contributed by atoms with E-state index in [0.717, 1.165) is 43.4 Å². The maximum atomic E-state index is 5.66. The van der Waals surface area contributed by atoms with Gasteiger partial charge >= 0.3 is 0 Å². The van der Waals surface area contributed by atoms with E-state index in [0.29, 0.717) is 0 Å². The van der Waals surface area contributed by atoms with Crippen molar-refractivity contribution in [3.63, 3.8) is 0 Å². The van der Waals surface area contributed by atoms with Gasteiger partial charge in [0.25, 0.3) is 0 Å². The number of hydrogen-bond acceptors (Lipinski definition) is 4. The van der Waals surface area contributed by atoms with Crippen LogP contribution in [0.4, 0.5) is 5.69 Å². The molecule has 0 aromatic heterocycles. The fraction of sp³-hybridized carbons (Fsp3) is 0.571. The highest BCUT2D eigenvalue weighted by atomic mass is 32.2. The molecular formula is C14H21NO2S. The summed E-state index contributed by atoms with van der Waals surface area (Å²) < 4.78 is 11.3. The number of nitrogens with one attached hydrogen (secondary N) is 1. The smallest absolute Gasteiger partial charge is 0.163 e. The first-order valence-electron chi connectivity index (χ1n) is 6.61. The van der Waals surface area contributed by atoms with Gasteiger partial charge in [-0.25, -0.2) is 0 Å². The van der Waals surface area contributed by atoms with Gasteiger partial charge in [-0.1, -0.05) is 6.92 Å². The van der Waals surface area contributed by atoms with Gasteiger partial charge in [0.05, 0.1) is 13.2 Å². The molecule has 100 valence electrons. The van der Waals surface area contributed by atoms with Crippen molar-refractivity contribution in [3.05, 3.63) is 18.2 Å². The second kappa shape index (κ2) is 7.41. The Bertz CT molecular complexity index is 371. The molecule has 1 heterocycles. The molecule has 4 heteroatoms. The fourth-order valence-corrected chi connectivity index (χ4v) is 2.46. The van der Waals surface area contributed by atoms with Crippen LogP contribution in [-0.4, -0.2) is 31.3 Å². The van der Waals surface area contributed by atoms with Crippen molar-refractivity contribution in [2.75, 3.05) is 36.6 Å². The Balaban J connectivity index is 1.84. The summed E-state index contributed by atoms with van der Waals surface area (Å²) in [4.78, 5) is 0. The van der Waals surface area contributed by atoms with E-state index in [9.17, 15) is 0 Å². The Morgan fingerprint density at radius 1 is 1.22 bits per heavy atom.